The van der Waals surface area contributed by atoms with Crippen molar-refractivity contribution in [3.05, 3.63) is 23.8 Å². The van der Waals surface area contributed by atoms with Crippen LogP contribution >= 0.6 is 0 Å². The summed E-state index contributed by atoms with van der Waals surface area (Å²) in [4.78, 5) is 29.2. The van der Waals surface area contributed by atoms with Crippen LogP contribution in [0.1, 0.15) is 57.3 Å². The van der Waals surface area contributed by atoms with Crippen LogP contribution in [-0.4, -0.2) is 61.0 Å². The van der Waals surface area contributed by atoms with E-state index < -0.39 is 6.04 Å². The van der Waals surface area contributed by atoms with Crippen molar-refractivity contribution in [3.8, 4) is 11.5 Å². The number of unbranched alkanes of at least 4 members (excludes halogenated alkanes) is 1. The monoisotopic (exact) mass is 390 g/mol. The molecule has 28 heavy (non-hydrogen) atoms. The molecule has 1 unspecified atom stereocenters. The van der Waals surface area contributed by atoms with Crippen LogP contribution < -0.4 is 9.47 Å². The van der Waals surface area contributed by atoms with Crippen LogP contribution in [-0.2, 0) is 4.79 Å². The first kappa shape index (κ1) is 22.2. The Labute approximate surface area is 168 Å². The standard InChI is InChI=1S/C19H26N2O4.C3H8/c1-4-5-8-21-10-15(11-21)19(23)20(3)13(2)18(22)14-6-7-16-17(9-14)25-12-24-16;1-3-2/h6-7,9,13,15H,4-5,8,10-12H2,1-3H3;3H2,1-2H3. The average molecular weight is 391 g/mol. The zero-order chi connectivity index (χ0) is 20.7. The van der Waals surface area contributed by atoms with Gasteiger partial charge in [0.05, 0.1) is 12.0 Å². The lowest BCUT2D eigenvalue weighted by molar-refractivity contribution is -0.140. The molecule has 2 heterocycles. The van der Waals surface area contributed by atoms with E-state index in [1.54, 1.807) is 37.1 Å². The van der Waals surface area contributed by atoms with Gasteiger partial charge in [-0.05, 0) is 38.1 Å². The maximum atomic E-state index is 12.7. The number of likely N-dealkylation sites (N-methyl/N-ethyl adjacent to an activating group) is 1. The van der Waals surface area contributed by atoms with E-state index in [0.29, 0.717) is 17.1 Å². The van der Waals surface area contributed by atoms with Crippen LogP contribution in [0.5, 0.6) is 11.5 Å². The fourth-order valence-electron chi connectivity index (χ4n) is 3.24. The Morgan fingerprint density at radius 3 is 2.46 bits per heavy atom. The normalized spacial score (nSPS) is 16.6. The van der Waals surface area contributed by atoms with E-state index in [2.05, 4.69) is 25.7 Å². The quantitative estimate of drug-likeness (QED) is 0.666. The topological polar surface area (TPSA) is 59.1 Å². The minimum absolute atomic E-state index is 0.00820. The van der Waals surface area contributed by atoms with E-state index in [0.717, 1.165) is 32.5 Å². The number of benzene rings is 1. The zero-order valence-electron chi connectivity index (χ0n) is 17.9. The zero-order valence-corrected chi connectivity index (χ0v) is 17.9. The van der Waals surface area contributed by atoms with Gasteiger partial charge in [-0.1, -0.05) is 33.6 Å². The SMILES string of the molecule is CCC.CCCCN1CC(C(=O)N(C)C(C)C(=O)c2ccc3c(c2)OCO3)C1. The van der Waals surface area contributed by atoms with Gasteiger partial charge in [0.15, 0.2) is 17.3 Å². The van der Waals surface area contributed by atoms with E-state index in [-0.39, 0.29) is 24.4 Å². The molecule has 1 amide bonds. The van der Waals surface area contributed by atoms with Gasteiger partial charge in [-0.3, -0.25) is 9.59 Å². The van der Waals surface area contributed by atoms with Gasteiger partial charge >= 0.3 is 0 Å². The van der Waals surface area contributed by atoms with Gasteiger partial charge in [-0.2, -0.15) is 0 Å². The van der Waals surface area contributed by atoms with Crippen LogP contribution in [0.4, 0.5) is 0 Å². The number of carbonyl (C=O) groups excluding carboxylic acids is 2. The molecular weight excluding hydrogens is 356 g/mol. The Morgan fingerprint density at radius 1 is 1.18 bits per heavy atom. The Balaban J connectivity index is 0.000000878. The third-order valence-electron chi connectivity index (χ3n) is 5.10. The van der Waals surface area contributed by atoms with Crippen molar-refractivity contribution in [3.63, 3.8) is 0 Å². The maximum Gasteiger partial charge on any atom is 0.231 e. The molecule has 0 saturated carbocycles. The molecule has 6 heteroatoms. The van der Waals surface area contributed by atoms with Crippen molar-refractivity contribution in [2.24, 2.45) is 5.92 Å². The van der Waals surface area contributed by atoms with Crippen LogP contribution in [0, 0.1) is 5.92 Å². The van der Waals surface area contributed by atoms with Crippen molar-refractivity contribution in [1.82, 2.24) is 9.80 Å². The second-order valence-electron chi connectivity index (χ2n) is 7.57. The number of carbonyl (C=O) groups is 2. The number of hydrogen-bond donors (Lipinski definition) is 0. The fraction of sp³-hybridized carbons (Fsp3) is 0.636. The number of ketones is 1. The summed E-state index contributed by atoms with van der Waals surface area (Å²) in [5.41, 5.74) is 0.537. The predicted octanol–water partition coefficient (Wildman–Crippen LogP) is 3.59. The molecule has 3 rings (SSSR count). The smallest absolute Gasteiger partial charge is 0.231 e. The lowest BCUT2D eigenvalue weighted by atomic mass is 9.96. The Hall–Kier alpha value is -2.08. The third-order valence-corrected chi connectivity index (χ3v) is 5.10. The van der Waals surface area contributed by atoms with Crippen LogP contribution in [0.3, 0.4) is 0 Å². The summed E-state index contributed by atoms with van der Waals surface area (Å²) in [6.07, 6.45) is 3.58. The van der Waals surface area contributed by atoms with Crippen LogP contribution in [0.25, 0.3) is 0 Å². The van der Waals surface area contributed by atoms with Crippen molar-refractivity contribution in [1.29, 1.82) is 0 Å². The van der Waals surface area contributed by atoms with Crippen molar-refractivity contribution in [2.75, 3.05) is 33.5 Å². The molecule has 1 aromatic carbocycles. The Morgan fingerprint density at radius 2 is 1.82 bits per heavy atom. The minimum Gasteiger partial charge on any atom is -0.454 e. The first-order valence-electron chi connectivity index (χ1n) is 10.4. The van der Waals surface area contributed by atoms with Crippen LogP contribution in [0.2, 0.25) is 0 Å². The number of rotatable bonds is 7. The molecule has 6 nitrogen and oxygen atoms in total. The molecule has 1 aromatic rings. The molecule has 0 N–H and O–H groups in total. The first-order chi connectivity index (χ1) is 13.4. The van der Waals surface area contributed by atoms with E-state index >= 15 is 0 Å². The predicted molar refractivity (Wildman–Crippen MR) is 110 cm³/mol. The van der Waals surface area contributed by atoms with E-state index in [9.17, 15) is 9.59 Å². The second-order valence-corrected chi connectivity index (χ2v) is 7.57. The second kappa shape index (κ2) is 10.5. The van der Waals surface area contributed by atoms with Gasteiger partial charge in [-0.15, -0.1) is 0 Å². The van der Waals surface area contributed by atoms with Crippen LogP contribution in [0.15, 0.2) is 18.2 Å². The Bertz CT molecular complexity index is 671. The molecule has 0 aliphatic carbocycles. The van der Waals surface area contributed by atoms with E-state index in [4.69, 9.17) is 9.47 Å². The highest BCUT2D eigenvalue weighted by atomic mass is 16.7. The minimum atomic E-state index is -0.502. The molecular formula is C22H34N2O4. The summed E-state index contributed by atoms with van der Waals surface area (Å²) in [5, 5.41) is 0. The van der Waals surface area contributed by atoms with Crippen molar-refractivity contribution < 1.29 is 19.1 Å². The third kappa shape index (κ3) is 5.25. The summed E-state index contributed by atoms with van der Waals surface area (Å²) in [6, 6.07) is 4.65. The number of ether oxygens (including phenoxy) is 2. The van der Waals surface area contributed by atoms with Gasteiger partial charge in [0.25, 0.3) is 0 Å². The van der Waals surface area contributed by atoms with Gasteiger partial charge in [0.1, 0.15) is 0 Å². The highest BCUT2D eigenvalue weighted by Crippen LogP contribution is 2.33. The number of hydrogen-bond acceptors (Lipinski definition) is 5. The largest absolute Gasteiger partial charge is 0.454 e. The van der Waals surface area contributed by atoms with Gasteiger partial charge in [0, 0.05) is 25.7 Å². The van der Waals surface area contributed by atoms with Crippen molar-refractivity contribution >= 4 is 11.7 Å². The molecule has 2 aliphatic rings. The number of nitrogens with zero attached hydrogens (tertiary/aromatic N) is 2. The van der Waals surface area contributed by atoms with Gasteiger partial charge in [0.2, 0.25) is 12.7 Å². The fourth-order valence-corrected chi connectivity index (χ4v) is 3.24. The van der Waals surface area contributed by atoms with Gasteiger partial charge < -0.3 is 19.3 Å². The number of likely N-dealkylation sites (tertiary alicyclic amines) is 1. The summed E-state index contributed by atoms with van der Waals surface area (Å²) in [6.45, 7) is 11.0. The maximum absolute atomic E-state index is 12.7. The first-order valence-corrected chi connectivity index (χ1v) is 10.4. The molecule has 1 atom stereocenters. The average Bonchev–Trinajstić information content (AvgIpc) is 3.13. The number of amides is 1. The molecule has 0 radical (unpaired) electrons. The lowest BCUT2D eigenvalue weighted by Crippen LogP contribution is -2.56. The summed E-state index contributed by atoms with van der Waals surface area (Å²) in [5.74, 6) is 1.20. The lowest BCUT2D eigenvalue weighted by Gasteiger charge is -2.40. The molecule has 0 aromatic heterocycles. The Kier molecular flexibility index (Phi) is 8.30. The summed E-state index contributed by atoms with van der Waals surface area (Å²) in [7, 11) is 1.71. The van der Waals surface area contributed by atoms with E-state index in [1.165, 1.54) is 6.42 Å². The molecule has 0 bridgehead atoms. The summed E-state index contributed by atoms with van der Waals surface area (Å²) < 4.78 is 10.6. The van der Waals surface area contributed by atoms with E-state index in [1.807, 2.05) is 0 Å². The number of fused-ring (bicyclic) bond motifs is 1. The number of Topliss-reactive ketones (excluding diaryl/α,β-unsaturated/α-hetero) is 1. The molecule has 156 valence electrons. The highest BCUT2D eigenvalue weighted by molar-refractivity contribution is 6.02. The molecule has 1 saturated heterocycles. The molecule has 1 fully saturated rings. The highest BCUT2D eigenvalue weighted by Gasteiger charge is 2.36. The van der Waals surface area contributed by atoms with Crippen molar-refractivity contribution in [2.45, 2.75) is 53.0 Å². The molecule has 2 aliphatic heterocycles. The molecule has 0 spiro atoms. The summed E-state index contributed by atoms with van der Waals surface area (Å²) >= 11 is 0. The van der Waals surface area contributed by atoms with Gasteiger partial charge in [-0.25, -0.2) is 0 Å².